The van der Waals surface area contributed by atoms with Gasteiger partial charge in [0.25, 0.3) is 0 Å². The second-order valence-electron chi connectivity index (χ2n) is 5.38. The summed E-state index contributed by atoms with van der Waals surface area (Å²) in [5.41, 5.74) is 10.9. The molecule has 0 aromatic carbocycles. The van der Waals surface area contributed by atoms with Crippen LogP contribution in [-0.2, 0) is 0 Å². The topological polar surface area (TPSA) is 51.8 Å². The molecule has 0 amide bonds. The molecule has 3 nitrogen and oxygen atoms in total. The Morgan fingerprint density at radius 1 is 1.19 bits per heavy atom. The standard InChI is InChI=1S/C16H23N3S2/c1-6-13(17)15(14-9(2)7-8-20-14)21-16-18-11(4)10(3)12(5)19-16/h7-8,13,15H,6,17H2,1-5H3. The van der Waals surface area contributed by atoms with E-state index in [0.717, 1.165) is 23.0 Å². The molecule has 0 aliphatic carbocycles. The third-order valence-corrected chi connectivity index (χ3v) is 6.35. The van der Waals surface area contributed by atoms with E-state index in [2.05, 4.69) is 42.2 Å². The fourth-order valence-corrected chi connectivity index (χ4v) is 4.69. The van der Waals surface area contributed by atoms with Gasteiger partial charge in [-0.15, -0.1) is 11.3 Å². The number of nitrogens with two attached hydrogens (primary N) is 1. The summed E-state index contributed by atoms with van der Waals surface area (Å²) in [5.74, 6) is 0. The van der Waals surface area contributed by atoms with Gasteiger partial charge in [-0.2, -0.15) is 0 Å². The van der Waals surface area contributed by atoms with Crippen LogP contribution < -0.4 is 5.73 Å². The van der Waals surface area contributed by atoms with E-state index in [-0.39, 0.29) is 11.3 Å². The molecule has 2 N–H and O–H groups in total. The molecule has 114 valence electrons. The van der Waals surface area contributed by atoms with Crippen LogP contribution in [0, 0.1) is 27.7 Å². The maximum absolute atomic E-state index is 6.36. The first kappa shape index (κ1) is 16.5. The molecule has 5 heteroatoms. The van der Waals surface area contributed by atoms with Gasteiger partial charge in [-0.25, -0.2) is 9.97 Å². The lowest BCUT2D eigenvalue weighted by atomic mass is 10.1. The van der Waals surface area contributed by atoms with Crippen LogP contribution in [0.2, 0.25) is 0 Å². The van der Waals surface area contributed by atoms with E-state index >= 15 is 0 Å². The molecule has 0 radical (unpaired) electrons. The van der Waals surface area contributed by atoms with Gasteiger partial charge in [-0.05, 0) is 56.7 Å². The fourth-order valence-electron chi connectivity index (χ4n) is 2.13. The van der Waals surface area contributed by atoms with Gasteiger partial charge in [0, 0.05) is 22.3 Å². The van der Waals surface area contributed by atoms with E-state index in [1.54, 1.807) is 23.1 Å². The molecule has 2 atom stereocenters. The molecule has 0 saturated carbocycles. The monoisotopic (exact) mass is 321 g/mol. The minimum Gasteiger partial charge on any atom is -0.326 e. The maximum atomic E-state index is 6.36. The van der Waals surface area contributed by atoms with Crippen molar-refractivity contribution in [3.8, 4) is 0 Å². The number of thioether (sulfide) groups is 1. The first-order valence-corrected chi connectivity index (χ1v) is 8.98. The Labute approximate surface area is 135 Å². The van der Waals surface area contributed by atoms with E-state index in [1.807, 2.05) is 13.8 Å². The van der Waals surface area contributed by atoms with Gasteiger partial charge >= 0.3 is 0 Å². The molecule has 21 heavy (non-hydrogen) atoms. The highest BCUT2D eigenvalue weighted by Gasteiger charge is 2.24. The van der Waals surface area contributed by atoms with Gasteiger partial charge in [0.15, 0.2) is 5.16 Å². The van der Waals surface area contributed by atoms with Gasteiger partial charge in [0.1, 0.15) is 0 Å². The molecule has 0 fully saturated rings. The lowest BCUT2D eigenvalue weighted by Crippen LogP contribution is -2.25. The van der Waals surface area contributed by atoms with Gasteiger partial charge in [-0.3, -0.25) is 0 Å². The third-order valence-electron chi connectivity index (χ3n) is 3.86. The van der Waals surface area contributed by atoms with Crippen molar-refractivity contribution in [1.82, 2.24) is 9.97 Å². The number of aromatic nitrogens is 2. The Balaban J connectivity index is 2.34. The number of nitrogens with zero attached hydrogens (tertiary/aromatic N) is 2. The minimum absolute atomic E-state index is 0.109. The predicted molar refractivity (Wildman–Crippen MR) is 92.2 cm³/mol. The summed E-state index contributed by atoms with van der Waals surface area (Å²) in [6, 6.07) is 2.26. The third kappa shape index (κ3) is 3.65. The Bertz CT molecular complexity index is 599. The van der Waals surface area contributed by atoms with E-state index in [4.69, 9.17) is 5.73 Å². The summed E-state index contributed by atoms with van der Waals surface area (Å²) in [6.07, 6.45) is 0.943. The predicted octanol–water partition coefficient (Wildman–Crippen LogP) is 4.34. The first-order chi connectivity index (χ1) is 9.93. The normalized spacial score (nSPS) is 14.2. The second-order valence-corrected chi connectivity index (χ2v) is 7.44. The number of hydrogen-bond acceptors (Lipinski definition) is 5. The van der Waals surface area contributed by atoms with Gasteiger partial charge in [0.05, 0.1) is 5.25 Å². The molecular weight excluding hydrogens is 298 g/mol. The van der Waals surface area contributed by atoms with Crippen molar-refractivity contribution in [2.45, 2.75) is 57.5 Å². The molecular formula is C16H23N3S2. The highest BCUT2D eigenvalue weighted by molar-refractivity contribution is 7.99. The number of thiophene rings is 1. The van der Waals surface area contributed by atoms with E-state index in [9.17, 15) is 0 Å². The van der Waals surface area contributed by atoms with Gasteiger partial charge in [-0.1, -0.05) is 18.7 Å². The van der Waals surface area contributed by atoms with Crippen LogP contribution in [-0.4, -0.2) is 16.0 Å². The Hall–Kier alpha value is -0.910. The maximum Gasteiger partial charge on any atom is 0.188 e. The van der Waals surface area contributed by atoms with Crippen molar-refractivity contribution >= 4 is 23.1 Å². The summed E-state index contributed by atoms with van der Waals surface area (Å²) in [4.78, 5) is 10.6. The molecule has 0 saturated heterocycles. The van der Waals surface area contributed by atoms with Crippen molar-refractivity contribution in [2.24, 2.45) is 5.73 Å². The average Bonchev–Trinajstić information content (AvgIpc) is 2.87. The number of aryl methyl sites for hydroxylation is 3. The zero-order valence-electron chi connectivity index (χ0n) is 13.3. The summed E-state index contributed by atoms with van der Waals surface area (Å²) >= 11 is 3.47. The fraction of sp³-hybridized carbons (Fsp3) is 0.500. The molecule has 2 rings (SSSR count). The van der Waals surface area contributed by atoms with Crippen LogP contribution in [0.5, 0.6) is 0 Å². The van der Waals surface area contributed by atoms with Crippen LogP contribution in [0.15, 0.2) is 16.6 Å². The zero-order chi connectivity index (χ0) is 15.6. The molecule has 0 aliphatic heterocycles. The number of hydrogen-bond donors (Lipinski definition) is 1. The highest BCUT2D eigenvalue weighted by Crippen LogP contribution is 2.40. The first-order valence-electron chi connectivity index (χ1n) is 7.22. The molecule has 0 spiro atoms. The van der Waals surface area contributed by atoms with Crippen molar-refractivity contribution in [3.63, 3.8) is 0 Å². The van der Waals surface area contributed by atoms with Crippen LogP contribution in [0.1, 0.15) is 46.0 Å². The molecule has 2 unspecified atom stereocenters. The van der Waals surface area contributed by atoms with Crippen molar-refractivity contribution in [1.29, 1.82) is 0 Å². The molecule has 0 bridgehead atoms. The minimum atomic E-state index is 0.109. The van der Waals surface area contributed by atoms with Gasteiger partial charge in [0.2, 0.25) is 0 Å². The lowest BCUT2D eigenvalue weighted by molar-refractivity contribution is 0.636. The van der Waals surface area contributed by atoms with Crippen LogP contribution in [0.4, 0.5) is 0 Å². The number of rotatable bonds is 5. The highest BCUT2D eigenvalue weighted by atomic mass is 32.2. The summed E-state index contributed by atoms with van der Waals surface area (Å²) in [5, 5.41) is 3.18. The quantitative estimate of drug-likeness (QED) is 0.657. The summed E-state index contributed by atoms with van der Waals surface area (Å²) in [6.45, 7) is 10.4. The van der Waals surface area contributed by atoms with E-state index in [1.165, 1.54) is 16.0 Å². The summed E-state index contributed by atoms with van der Waals surface area (Å²) in [7, 11) is 0. The zero-order valence-corrected chi connectivity index (χ0v) is 14.9. The average molecular weight is 322 g/mol. The van der Waals surface area contributed by atoms with Crippen LogP contribution in [0.25, 0.3) is 0 Å². The Morgan fingerprint density at radius 3 is 2.29 bits per heavy atom. The molecule has 2 aromatic heterocycles. The summed E-state index contributed by atoms with van der Waals surface area (Å²) < 4.78 is 0. The largest absolute Gasteiger partial charge is 0.326 e. The van der Waals surface area contributed by atoms with Crippen LogP contribution >= 0.6 is 23.1 Å². The molecule has 2 heterocycles. The molecule has 2 aromatic rings. The SMILES string of the molecule is CCC(N)C(Sc1nc(C)c(C)c(C)n1)c1sccc1C. The lowest BCUT2D eigenvalue weighted by Gasteiger charge is -2.22. The van der Waals surface area contributed by atoms with Gasteiger partial charge < -0.3 is 5.73 Å². The van der Waals surface area contributed by atoms with E-state index in [0.29, 0.717) is 0 Å². The van der Waals surface area contributed by atoms with Crippen molar-refractivity contribution in [2.75, 3.05) is 0 Å². The Morgan fingerprint density at radius 2 is 1.81 bits per heavy atom. The van der Waals surface area contributed by atoms with Crippen molar-refractivity contribution in [3.05, 3.63) is 38.8 Å². The van der Waals surface area contributed by atoms with Crippen LogP contribution in [0.3, 0.4) is 0 Å². The smallest absolute Gasteiger partial charge is 0.188 e. The van der Waals surface area contributed by atoms with E-state index < -0.39 is 0 Å². The second kappa shape index (κ2) is 6.90. The molecule has 0 aliphatic rings. The Kier molecular flexibility index (Phi) is 5.41. The van der Waals surface area contributed by atoms with Crippen molar-refractivity contribution < 1.29 is 0 Å².